The van der Waals surface area contributed by atoms with Gasteiger partial charge >= 0.3 is 24.8 Å². The zero-order valence-electron chi connectivity index (χ0n) is 22.0. The number of hydrogen-bond donors (Lipinski definition) is 2. The van der Waals surface area contributed by atoms with E-state index in [0.717, 1.165) is 68.9 Å². The summed E-state index contributed by atoms with van der Waals surface area (Å²) in [6, 6.07) is 3.85. The SMILES string of the molecule is CCOC(=O)C1CCN(Cc2ccncc2N)CC1.Nc1cnccc1CN1CCC(C(=O)[O-])CC1.[Li+]. The third kappa shape index (κ3) is 9.63. The van der Waals surface area contributed by atoms with E-state index in [-0.39, 0.29) is 36.7 Å². The third-order valence-electron chi connectivity index (χ3n) is 6.81. The molecule has 10 nitrogen and oxygen atoms in total. The molecular formula is C26H37LiN6O4. The number of nitrogens with zero attached hydrogens (tertiary/aromatic N) is 4. The first-order valence-electron chi connectivity index (χ1n) is 12.6. The number of carbonyl (C=O) groups is 2. The molecule has 0 atom stereocenters. The van der Waals surface area contributed by atoms with Gasteiger partial charge in [0.05, 0.1) is 36.3 Å². The Labute approximate surface area is 230 Å². The van der Waals surface area contributed by atoms with Crippen molar-refractivity contribution in [2.75, 3.05) is 44.3 Å². The fourth-order valence-corrected chi connectivity index (χ4v) is 4.55. The molecule has 2 aromatic heterocycles. The van der Waals surface area contributed by atoms with E-state index in [1.807, 2.05) is 19.1 Å². The number of hydrogen-bond acceptors (Lipinski definition) is 10. The maximum absolute atomic E-state index is 11.6. The predicted octanol–water partition coefficient (Wildman–Crippen LogP) is -1.93. The number of pyridine rings is 2. The second-order valence-electron chi connectivity index (χ2n) is 9.32. The average molecular weight is 505 g/mol. The van der Waals surface area contributed by atoms with Crippen LogP contribution in [0.25, 0.3) is 0 Å². The minimum Gasteiger partial charge on any atom is -0.550 e. The van der Waals surface area contributed by atoms with Gasteiger partial charge in [0.1, 0.15) is 0 Å². The molecule has 0 spiro atoms. The molecule has 2 aliphatic heterocycles. The molecule has 4 heterocycles. The molecule has 4 rings (SSSR count). The summed E-state index contributed by atoms with van der Waals surface area (Å²) in [6.45, 7) is 7.27. The average Bonchev–Trinajstić information content (AvgIpc) is 2.88. The van der Waals surface area contributed by atoms with E-state index in [4.69, 9.17) is 16.2 Å². The van der Waals surface area contributed by atoms with Crippen molar-refractivity contribution < 1.29 is 38.3 Å². The Bertz CT molecular complexity index is 995. The van der Waals surface area contributed by atoms with Crippen molar-refractivity contribution in [1.82, 2.24) is 19.8 Å². The van der Waals surface area contributed by atoms with Crippen LogP contribution in [0.1, 0.15) is 43.7 Å². The number of ether oxygens (including phenoxy) is 1. The van der Waals surface area contributed by atoms with Crippen molar-refractivity contribution in [3.8, 4) is 0 Å². The maximum atomic E-state index is 11.6. The molecule has 4 N–H and O–H groups in total. The van der Waals surface area contributed by atoms with Gasteiger partial charge in [-0.25, -0.2) is 0 Å². The Morgan fingerprint density at radius 1 is 0.892 bits per heavy atom. The Kier molecular flexibility index (Phi) is 12.9. The number of rotatable bonds is 7. The number of carbonyl (C=O) groups excluding carboxylic acids is 2. The van der Waals surface area contributed by atoms with Crippen LogP contribution in [0.2, 0.25) is 0 Å². The van der Waals surface area contributed by atoms with Gasteiger partial charge in [0.25, 0.3) is 0 Å². The van der Waals surface area contributed by atoms with Gasteiger partial charge < -0.3 is 26.1 Å². The Morgan fingerprint density at radius 3 is 1.70 bits per heavy atom. The summed E-state index contributed by atoms with van der Waals surface area (Å²) in [6.07, 6.45) is 9.86. The standard InChI is InChI=1S/C14H21N3O2.C12H17N3O2.Li/c1-2-19-14(18)11-4-7-17(8-5-11)10-12-3-6-16-9-13(12)15;13-11-7-14-4-1-10(11)8-15-5-2-9(3-6-15)12(16)17;/h3,6,9,11H,2,4-5,7-8,10,15H2,1H3;1,4,7,9H,2-3,5-6,8,13H2,(H,16,17);/q;;+1/p-1. The van der Waals surface area contributed by atoms with Gasteiger partial charge in [0.2, 0.25) is 0 Å². The molecule has 0 aromatic carbocycles. The normalized spacial score (nSPS) is 17.2. The van der Waals surface area contributed by atoms with Gasteiger partial charge in [0, 0.05) is 37.4 Å². The fourth-order valence-electron chi connectivity index (χ4n) is 4.55. The summed E-state index contributed by atoms with van der Waals surface area (Å²) in [4.78, 5) is 34.8. The molecule has 2 aromatic rings. The van der Waals surface area contributed by atoms with Crippen LogP contribution in [-0.2, 0) is 27.4 Å². The van der Waals surface area contributed by atoms with Gasteiger partial charge in [-0.05, 0) is 82.0 Å². The zero-order chi connectivity index (χ0) is 25.9. The third-order valence-corrected chi connectivity index (χ3v) is 6.81. The second-order valence-corrected chi connectivity index (χ2v) is 9.32. The number of aromatic nitrogens is 2. The number of aliphatic carboxylic acids is 1. The van der Waals surface area contributed by atoms with Gasteiger partial charge in [-0.1, -0.05) is 0 Å². The summed E-state index contributed by atoms with van der Waals surface area (Å²) in [5, 5.41) is 10.7. The van der Waals surface area contributed by atoms with Gasteiger partial charge in [-0.15, -0.1) is 0 Å². The van der Waals surface area contributed by atoms with Gasteiger partial charge in [-0.3, -0.25) is 24.6 Å². The van der Waals surface area contributed by atoms with E-state index >= 15 is 0 Å². The molecule has 11 heteroatoms. The van der Waals surface area contributed by atoms with Crippen molar-refractivity contribution in [2.45, 2.75) is 45.7 Å². The number of carboxylic acids is 1. The molecule has 0 saturated carbocycles. The van der Waals surface area contributed by atoms with Crippen LogP contribution in [0.4, 0.5) is 11.4 Å². The molecule has 2 saturated heterocycles. The van der Waals surface area contributed by atoms with E-state index in [9.17, 15) is 14.7 Å². The van der Waals surface area contributed by atoms with Crippen molar-refractivity contribution in [2.24, 2.45) is 11.8 Å². The first-order valence-corrected chi connectivity index (χ1v) is 12.6. The molecule has 2 aliphatic rings. The Balaban J connectivity index is 0.000000255. The van der Waals surface area contributed by atoms with Crippen LogP contribution < -0.4 is 35.4 Å². The summed E-state index contributed by atoms with van der Waals surface area (Å²) in [5.74, 6) is -1.20. The molecule has 196 valence electrons. The fraction of sp³-hybridized carbons (Fsp3) is 0.538. The number of nitrogens with two attached hydrogens (primary N) is 2. The van der Waals surface area contributed by atoms with Gasteiger partial charge in [-0.2, -0.15) is 0 Å². The van der Waals surface area contributed by atoms with Crippen LogP contribution in [0.5, 0.6) is 0 Å². The van der Waals surface area contributed by atoms with E-state index in [2.05, 4.69) is 19.8 Å². The number of nitrogen functional groups attached to an aromatic ring is 2. The molecule has 37 heavy (non-hydrogen) atoms. The van der Waals surface area contributed by atoms with Crippen LogP contribution in [0.3, 0.4) is 0 Å². The summed E-state index contributed by atoms with van der Waals surface area (Å²) in [7, 11) is 0. The number of carboxylic acid groups (broad SMARTS) is 1. The number of likely N-dealkylation sites (tertiary alicyclic amines) is 2. The second kappa shape index (κ2) is 15.6. The number of piperidine rings is 2. The molecule has 0 amide bonds. The maximum Gasteiger partial charge on any atom is 1.00 e. The molecule has 0 unspecified atom stereocenters. The quantitative estimate of drug-likeness (QED) is 0.322. The molecule has 2 fully saturated rings. The van der Waals surface area contributed by atoms with Crippen molar-refractivity contribution in [1.29, 1.82) is 0 Å². The Hall–Kier alpha value is -2.64. The van der Waals surface area contributed by atoms with E-state index in [0.29, 0.717) is 25.1 Å². The summed E-state index contributed by atoms with van der Waals surface area (Å²) in [5.41, 5.74) is 15.3. The minimum atomic E-state index is -0.923. The van der Waals surface area contributed by atoms with Crippen molar-refractivity contribution in [3.63, 3.8) is 0 Å². The zero-order valence-corrected chi connectivity index (χ0v) is 22.0. The van der Waals surface area contributed by atoms with E-state index in [1.165, 1.54) is 0 Å². The van der Waals surface area contributed by atoms with Crippen LogP contribution >= 0.6 is 0 Å². The van der Waals surface area contributed by atoms with E-state index < -0.39 is 5.97 Å². The van der Waals surface area contributed by atoms with E-state index in [1.54, 1.807) is 24.8 Å². The molecule has 0 radical (unpaired) electrons. The topological polar surface area (TPSA) is 151 Å². The van der Waals surface area contributed by atoms with Crippen LogP contribution in [-0.4, -0.2) is 64.5 Å². The summed E-state index contributed by atoms with van der Waals surface area (Å²) < 4.78 is 5.07. The van der Waals surface area contributed by atoms with Crippen LogP contribution in [0, 0.1) is 11.8 Å². The van der Waals surface area contributed by atoms with Gasteiger partial charge in [0.15, 0.2) is 0 Å². The number of anilines is 2. The Morgan fingerprint density at radius 2 is 1.32 bits per heavy atom. The van der Waals surface area contributed by atoms with Crippen molar-refractivity contribution in [3.05, 3.63) is 48.0 Å². The first kappa shape index (κ1) is 30.6. The largest absolute Gasteiger partial charge is 1.00 e. The smallest absolute Gasteiger partial charge is 0.550 e. The molecule has 0 aliphatic carbocycles. The minimum absolute atomic E-state index is 0. The van der Waals surface area contributed by atoms with Crippen molar-refractivity contribution >= 4 is 23.3 Å². The molecule has 0 bridgehead atoms. The first-order chi connectivity index (χ1) is 17.4. The summed E-state index contributed by atoms with van der Waals surface area (Å²) >= 11 is 0. The predicted molar refractivity (Wildman–Crippen MR) is 135 cm³/mol. The molecular weight excluding hydrogens is 467 g/mol. The monoisotopic (exact) mass is 504 g/mol. The number of esters is 1. The van der Waals surface area contributed by atoms with Crippen LogP contribution in [0.15, 0.2) is 36.9 Å².